The molecule has 0 amide bonds. The normalized spacial score (nSPS) is 37.7. The highest BCUT2D eigenvalue weighted by Crippen LogP contribution is 2.69. The maximum Gasteiger partial charge on any atom is 0.278 e. The van der Waals surface area contributed by atoms with Crippen molar-refractivity contribution < 1.29 is 27.2 Å². The average molecular weight is 687 g/mol. The Morgan fingerprint density at radius 1 is 0.872 bits per heavy atom. The lowest BCUT2D eigenvalue weighted by Crippen LogP contribution is -2.63. The van der Waals surface area contributed by atoms with Gasteiger partial charge in [0.2, 0.25) is 0 Å². The van der Waals surface area contributed by atoms with Gasteiger partial charge >= 0.3 is 0 Å². The molecule has 0 radical (unpaired) electrons. The smallest absolute Gasteiger partial charge is 0.278 e. The van der Waals surface area contributed by atoms with Crippen LogP contribution in [0.25, 0.3) is 0 Å². The van der Waals surface area contributed by atoms with Crippen LogP contribution in [0.4, 0.5) is 0 Å². The van der Waals surface area contributed by atoms with Crippen LogP contribution in [0, 0.1) is 46.3 Å². The van der Waals surface area contributed by atoms with E-state index in [9.17, 15) is 8.42 Å². The van der Waals surface area contributed by atoms with Crippen LogP contribution in [0.15, 0.2) is 0 Å². The van der Waals surface area contributed by atoms with Crippen molar-refractivity contribution in [3.8, 4) is 0 Å². The number of rotatable bonds is 21. The van der Waals surface area contributed by atoms with E-state index in [1.807, 2.05) is 0 Å². The number of hydrogen-bond acceptors (Lipinski definition) is 9. The Morgan fingerprint density at radius 3 is 2.28 bits per heavy atom. The first kappa shape index (κ1) is 39.4. The Morgan fingerprint density at radius 2 is 1.57 bits per heavy atom. The van der Waals surface area contributed by atoms with E-state index in [4.69, 9.17) is 30.2 Å². The fraction of sp³-hybridized carbons (Fsp3) is 1.00. The van der Waals surface area contributed by atoms with Gasteiger partial charge in [0.1, 0.15) is 5.88 Å². The largest absolute Gasteiger partial charge is 0.378 e. The molecular weight excluding hydrogens is 616 g/mol. The van der Waals surface area contributed by atoms with Gasteiger partial charge in [0.05, 0.1) is 18.3 Å². The molecule has 4 aliphatic rings. The second-order valence-electron chi connectivity index (χ2n) is 15.9. The molecule has 4 fully saturated rings. The Kier molecular flexibility index (Phi) is 15.3. The molecule has 4 rings (SSSR count). The third kappa shape index (κ3) is 9.70. The van der Waals surface area contributed by atoms with Crippen molar-refractivity contribution >= 4 is 10.1 Å². The summed E-state index contributed by atoms with van der Waals surface area (Å²) in [5, 5.41) is 6.31. The summed E-state index contributed by atoms with van der Waals surface area (Å²) in [4.78, 5) is 0. The molecule has 0 saturated heterocycles. The first-order valence-corrected chi connectivity index (χ1v) is 20.7. The van der Waals surface area contributed by atoms with Crippen LogP contribution in [0.1, 0.15) is 105 Å². The molecule has 0 aromatic heterocycles. The summed E-state index contributed by atoms with van der Waals surface area (Å²) < 4.78 is 51.2. The van der Waals surface area contributed by atoms with Gasteiger partial charge in [-0.2, -0.15) is 8.42 Å². The molecular formula is C36H70N4O6S. The maximum absolute atomic E-state index is 11.0. The minimum Gasteiger partial charge on any atom is -0.378 e. The standard InChI is InChI=1S/C36H70N4O6S/c1-5-39-17-6-10-26(2)29-11-12-30-34-31(24-33(36(29,30)4)46-20-8-16-38)35(3)14-13-28(44-21-9-18-40-25-47(41,42)43)22-27(35)23-32(34)45-19-7-15-37/h26-34,39-40H,5-25,37-38H2,1-4H3,(H,41,42,43)/t26-,27+,28-,29-,30+,31?,32-,33+,34?,35+,36-/m1/s1. The van der Waals surface area contributed by atoms with Crippen molar-refractivity contribution in [2.75, 3.05) is 58.4 Å². The topological polar surface area (TPSA) is 158 Å². The summed E-state index contributed by atoms with van der Waals surface area (Å²) in [6, 6.07) is 0. The van der Waals surface area contributed by atoms with E-state index in [0.717, 1.165) is 71.2 Å². The lowest BCUT2D eigenvalue weighted by atomic mass is 9.43. The monoisotopic (exact) mass is 687 g/mol. The minimum atomic E-state index is -4.00. The van der Waals surface area contributed by atoms with Crippen molar-refractivity contribution in [1.29, 1.82) is 0 Å². The van der Waals surface area contributed by atoms with Gasteiger partial charge in [0, 0.05) is 25.2 Å². The maximum atomic E-state index is 11.0. The molecule has 276 valence electrons. The number of hydrogen-bond donors (Lipinski definition) is 5. The highest BCUT2D eigenvalue weighted by molar-refractivity contribution is 7.85. The van der Waals surface area contributed by atoms with Gasteiger partial charge in [0.25, 0.3) is 10.1 Å². The third-order valence-electron chi connectivity index (χ3n) is 13.2. The molecule has 4 aliphatic carbocycles. The Bertz CT molecular complexity index is 1040. The van der Waals surface area contributed by atoms with Crippen molar-refractivity contribution in [1.82, 2.24) is 10.6 Å². The molecule has 0 bridgehead atoms. The van der Waals surface area contributed by atoms with Gasteiger partial charge in [-0.05, 0) is 151 Å². The van der Waals surface area contributed by atoms with Crippen molar-refractivity contribution in [3.63, 3.8) is 0 Å². The molecule has 11 heteroatoms. The Labute approximate surface area is 286 Å². The molecule has 0 aromatic rings. The van der Waals surface area contributed by atoms with Crippen LogP contribution in [0.3, 0.4) is 0 Å². The molecule has 10 nitrogen and oxygen atoms in total. The van der Waals surface area contributed by atoms with E-state index >= 15 is 0 Å². The van der Waals surface area contributed by atoms with Gasteiger partial charge in [-0.25, -0.2) is 0 Å². The molecule has 11 atom stereocenters. The quantitative estimate of drug-likeness (QED) is 0.0856. The number of nitrogens with two attached hydrogens (primary N) is 2. The highest BCUT2D eigenvalue weighted by Gasteiger charge is 2.66. The summed E-state index contributed by atoms with van der Waals surface area (Å²) >= 11 is 0. The Balaban J connectivity index is 1.52. The number of ether oxygens (including phenoxy) is 3. The summed E-state index contributed by atoms with van der Waals surface area (Å²) in [6.07, 6.45) is 13.7. The fourth-order valence-corrected chi connectivity index (χ4v) is 11.2. The lowest BCUT2D eigenvalue weighted by Gasteiger charge is -2.65. The summed E-state index contributed by atoms with van der Waals surface area (Å²) in [5.41, 5.74) is 12.3. The van der Waals surface area contributed by atoms with Crippen LogP contribution in [0.2, 0.25) is 0 Å². The predicted molar refractivity (Wildman–Crippen MR) is 189 cm³/mol. The number of nitrogens with one attached hydrogen (secondary N) is 2. The van der Waals surface area contributed by atoms with Crippen LogP contribution in [-0.4, -0.2) is 89.7 Å². The van der Waals surface area contributed by atoms with Crippen molar-refractivity contribution in [2.24, 2.45) is 57.8 Å². The molecule has 0 heterocycles. The van der Waals surface area contributed by atoms with Gasteiger partial charge < -0.3 is 36.3 Å². The Hall–Kier alpha value is -0.370. The highest BCUT2D eigenvalue weighted by atomic mass is 32.2. The van der Waals surface area contributed by atoms with Crippen LogP contribution >= 0.6 is 0 Å². The van der Waals surface area contributed by atoms with Gasteiger partial charge in [-0.3, -0.25) is 4.55 Å². The summed E-state index contributed by atoms with van der Waals surface area (Å²) in [5.74, 6) is 3.12. The van der Waals surface area contributed by atoms with E-state index in [2.05, 4.69) is 38.3 Å². The van der Waals surface area contributed by atoms with Crippen molar-refractivity contribution in [3.05, 3.63) is 0 Å². The van der Waals surface area contributed by atoms with Gasteiger partial charge in [-0.15, -0.1) is 0 Å². The molecule has 2 unspecified atom stereocenters. The zero-order valence-electron chi connectivity index (χ0n) is 30.1. The predicted octanol–water partition coefficient (Wildman–Crippen LogP) is 4.57. The first-order valence-electron chi connectivity index (χ1n) is 19.1. The second kappa shape index (κ2) is 18.2. The van der Waals surface area contributed by atoms with E-state index in [0.29, 0.717) is 68.2 Å². The van der Waals surface area contributed by atoms with E-state index < -0.39 is 16.0 Å². The van der Waals surface area contributed by atoms with Crippen molar-refractivity contribution in [2.45, 2.75) is 123 Å². The van der Waals surface area contributed by atoms with Crippen LogP contribution < -0.4 is 22.1 Å². The third-order valence-corrected chi connectivity index (χ3v) is 13.8. The van der Waals surface area contributed by atoms with Gasteiger partial charge in [0.15, 0.2) is 0 Å². The molecule has 0 aliphatic heterocycles. The summed E-state index contributed by atoms with van der Waals surface area (Å²) in [6.45, 7) is 15.9. The van der Waals surface area contributed by atoms with E-state index in [1.165, 1.54) is 25.7 Å². The molecule has 7 N–H and O–H groups in total. The second-order valence-corrected chi connectivity index (χ2v) is 17.3. The van der Waals surface area contributed by atoms with E-state index in [1.54, 1.807) is 0 Å². The van der Waals surface area contributed by atoms with E-state index in [-0.39, 0.29) is 29.1 Å². The average Bonchev–Trinajstić information content (AvgIpc) is 3.39. The van der Waals surface area contributed by atoms with Crippen LogP contribution in [0.5, 0.6) is 0 Å². The first-order chi connectivity index (χ1) is 22.5. The fourth-order valence-electron chi connectivity index (χ4n) is 10.8. The minimum absolute atomic E-state index is 0.135. The molecule has 4 saturated carbocycles. The molecule has 47 heavy (non-hydrogen) atoms. The zero-order valence-corrected chi connectivity index (χ0v) is 30.9. The SMILES string of the molecule is CCNCCC[C@@H](C)[C@H]1CC[C@H]2C3C(C[C@H](OCCCN)[C@]12C)[C@@]1(C)CC[C@@H](OCCCNCS(=O)(=O)O)C[C@H]1C[C@H]3OCCCN. The molecule has 0 aromatic carbocycles. The van der Waals surface area contributed by atoms with Crippen LogP contribution in [-0.2, 0) is 24.3 Å². The van der Waals surface area contributed by atoms with Gasteiger partial charge in [-0.1, -0.05) is 27.7 Å². The zero-order chi connectivity index (χ0) is 34.1. The lowest BCUT2D eigenvalue weighted by molar-refractivity contribution is -0.227. The molecule has 0 spiro atoms. The number of fused-ring (bicyclic) bond motifs is 5. The summed E-state index contributed by atoms with van der Waals surface area (Å²) in [7, 11) is -4.00.